The first-order chi connectivity index (χ1) is 17.5. The first-order valence-corrected chi connectivity index (χ1v) is 13.4. The SMILES string of the molecule is Cc1ccc(C(C(=O)NCc2ccccc2)N(C(=O)C(CS)NC(=O)OC(C)(C)C)C2CCC2)cc1C. The summed E-state index contributed by atoms with van der Waals surface area (Å²) in [5.74, 6) is -0.529. The van der Waals surface area contributed by atoms with Crippen LogP contribution in [0.25, 0.3) is 0 Å². The van der Waals surface area contributed by atoms with Crippen LogP contribution in [0.2, 0.25) is 0 Å². The minimum atomic E-state index is -0.935. The number of benzene rings is 2. The number of carbonyl (C=O) groups is 3. The fraction of sp³-hybridized carbons (Fsp3) is 0.483. The van der Waals surface area contributed by atoms with Crippen molar-refractivity contribution in [1.82, 2.24) is 15.5 Å². The normalized spacial score (nSPS) is 15.2. The average molecular weight is 526 g/mol. The van der Waals surface area contributed by atoms with E-state index >= 15 is 0 Å². The number of amides is 3. The Balaban J connectivity index is 1.94. The molecule has 3 amide bonds. The summed E-state index contributed by atoms with van der Waals surface area (Å²) in [4.78, 5) is 41.9. The van der Waals surface area contributed by atoms with Crippen molar-refractivity contribution < 1.29 is 19.1 Å². The largest absolute Gasteiger partial charge is 0.444 e. The predicted octanol–water partition coefficient (Wildman–Crippen LogP) is 4.87. The van der Waals surface area contributed by atoms with E-state index in [9.17, 15) is 14.4 Å². The molecule has 200 valence electrons. The molecule has 3 rings (SSSR count). The Morgan fingerprint density at radius 2 is 1.73 bits per heavy atom. The van der Waals surface area contributed by atoms with E-state index in [4.69, 9.17) is 4.74 Å². The molecule has 2 aromatic carbocycles. The molecule has 37 heavy (non-hydrogen) atoms. The molecule has 2 N–H and O–H groups in total. The monoisotopic (exact) mass is 525 g/mol. The van der Waals surface area contributed by atoms with Crippen molar-refractivity contribution >= 4 is 30.5 Å². The van der Waals surface area contributed by atoms with Crippen molar-refractivity contribution in [2.75, 3.05) is 5.75 Å². The minimum absolute atomic E-state index is 0.0760. The van der Waals surface area contributed by atoms with Gasteiger partial charge in [-0.25, -0.2) is 4.79 Å². The van der Waals surface area contributed by atoms with Crippen molar-refractivity contribution in [1.29, 1.82) is 0 Å². The summed E-state index contributed by atoms with van der Waals surface area (Å²) in [7, 11) is 0. The third-order valence-corrected chi connectivity index (χ3v) is 6.94. The molecule has 1 aliphatic rings. The number of rotatable bonds is 9. The summed E-state index contributed by atoms with van der Waals surface area (Å²) in [6, 6.07) is 13.6. The van der Waals surface area contributed by atoms with Crippen molar-refractivity contribution in [2.45, 2.75) is 84.2 Å². The highest BCUT2D eigenvalue weighted by Crippen LogP contribution is 2.34. The maximum Gasteiger partial charge on any atom is 0.408 e. The summed E-state index contributed by atoms with van der Waals surface area (Å²) in [5.41, 5.74) is 3.15. The number of nitrogens with zero attached hydrogens (tertiary/aromatic N) is 1. The Bertz CT molecular complexity index is 1100. The van der Waals surface area contributed by atoms with Gasteiger partial charge in [0, 0.05) is 18.3 Å². The molecule has 1 fully saturated rings. The third-order valence-electron chi connectivity index (χ3n) is 6.58. The summed E-state index contributed by atoms with van der Waals surface area (Å²) in [5, 5.41) is 5.70. The van der Waals surface area contributed by atoms with Gasteiger partial charge in [-0.3, -0.25) is 9.59 Å². The first kappa shape index (κ1) is 28.6. The second-order valence-corrected chi connectivity index (χ2v) is 11.0. The number of nitrogens with one attached hydrogen (secondary N) is 2. The second kappa shape index (κ2) is 12.5. The van der Waals surface area contributed by atoms with Gasteiger partial charge in [0.2, 0.25) is 11.8 Å². The van der Waals surface area contributed by atoms with Gasteiger partial charge in [0.05, 0.1) is 0 Å². The smallest absolute Gasteiger partial charge is 0.408 e. The lowest BCUT2D eigenvalue weighted by Crippen LogP contribution is -2.58. The molecule has 7 nitrogen and oxygen atoms in total. The van der Waals surface area contributed by atoms with E-state index in [0.717, 1.165) is 41.5 Å². The van der Waals surface area contributed by atoms with E-state index in [2.05, 4.69) is 23.3 Å². The zero-order valence-electron chi connectivity index (χ0n) is 22.4. The Hall–Kier alpha value is -3.00. The van der Waals surface area contributed by atoms with Crippen LogP contribution in [-0.2, 0) is 20.9 Å². The van der Waals surface area contributed by atoms with Gasteiger partial charge in [-0.15, -0.1) is 0 Å². The zero-order chi connectivity index (χ0) is 27.2. The number of carbonyl (C=O) groups excluding carboxylic acids is 3. The molecule has 2 aromatic rings. The Labute approximate surface area is 225 Å². The number of alkyl carbamates (subject to hydrolysis) is 1. The first-order valence-electron chi connectivity index (χ1n) is 12.8. The molecular weight excluding hydrogens is 486 g/mol. The summed E-state index contributed by atoms with van der Waals surface area (Å²) in [6.07, 6.45) is 1.88. The molecule has 0 bridgehead atoms. The quantitative estimate of drug-likeness (QED) is 0.408. The number of hydrogen-bond donors (Lipinski definition) is 3. The number of hydrogen-bond acceptors (Lipinski definition) is 5. The zero-order valence-corrected chi connectivity index (χ0v) is 23.3. The van der Waals surface area contributed by atoms with Gasteiger partial charge in [-0.2, -0.15) is 12.6 Å². The minimum Gasteiger partial charge on any atom is -0.444 e. The third kappa shape index (κ3) is 7.74. The molecule has 0 radical (unpaired) electrons. The molecule has 1 aliphatic carbocycles. The predicted molar refractivity (Wildman–Crippen MR) is 148 cm³/mol. The molecule has 2 atom stereocenters. The van der Waals surface area contributed by atoms with Crippen molar-refractivity contribution in [2.24, 2.45) is 0 Å². The van der Waals surface area contributed by atoms with Crippen LogP contribution in [0, 0.1) is 13.8 Å². The maximum atomic E-state index is 14.0. The molecule has 0 saturated heterocycles. The van der Waals surface area contributed by atoms with E-state index in [-0.39, 0.29) is 23.6 Å². The number of thiol groups is 1. The van der Waals surface area contributed by atoms with Gasteiger partial charge in [-0.05, 0) is 76.1 Å². The summed E-state index contributed by atoms with van der Waals surface area (Å²) < 4.78 is 5.38. The van der Waals surface area contributed by atoms with Gasteiger partial charge in [0.1, 0.15) is 17.7 Å². The fourth-order valence-electron chi connectivity index (χ4n) is 4.25. The van der Waals surface area contributed by atoms with E-state index in [1.165, 1.54) is 0 Å². The van der Waals surface area contributed by atoms with E-state index < -0.39 is 23.8 Å². The van der Waals surface area contributed by atoms with Crippen molar-refractivity contribution in [3.8, 4) is 0 Å². The highest BCUT2D eigenvalue weighted by molar-refractivity contribution is 7.80. The van der Waals surface area contributed by atoms with Crippen LogP contribution in [0.4, 0.5) is 4.79 Å². The number of ether oxygens (including phenoxy) is 1. The summed E-state index contributed by atoms with van der Waals surface area (Å²) >= 11 is 4.36. The van der Waals surface area contributed by atoms with Crippen molar-refractivity contribution in [3.63, 3.8) is 0 Å². The molecule has 2 unspecified atom stereocenters. The van der Waals surface area contributed by atoms with Crippen LogP contribution < -0.4 is 10.6 Å². The molecule has 0 heterocycles. The lowest BCUT2D eigenvalue weighted by molar-refractivity contribution is -0.147. The van der Waals surface area contributed by atoms with Crippen LogP contribution in [-0.4, -0.2) is 46.2 Å². The van der Waals surface area contributed by atoms with Gasteiger partial charge in [0.15, 0.2) is 0 Å². The molecule has 0 aliphatic heterocycles. The maximum absolute atomic E-state index is 14.0. The van der Waals surface area contributed by atoms with E-state index in [0.29, 0.717) is 6.54 Å². The lowest BCUT2D eigenvalue weighted by Gasteiger charge is -2.43. The van der Waals surface area contributed by atoms with Gasteiger partial charge in [0.25, 0.3) is 0 Å². The molecule has 1 saturated carbocycles. The Kier molecular flexibility index (Phi) is 9.65. The van der Waals surface area contributed by atoms with Gasteiger partial charge in [-0.1, -0.05) is 48.5 Å². The molecule has 0 aromatic heterocycles. The molecular formula is C29H39N3O4S. The standard InChI is InChI=1S/C29H39N3O4S/c1-19-14-15-22(16-20(19)2)25(26(33)30-17-21-10-7-6-8-11-21)32(23-12-9-13-23)27(34)24(18-37)31-28(35)36-29(3,4)5/h6-8,10-11,14-16,23-25,37H,9,12-13,17-18H2,1-5H3,(H,30,33)(H,31,35). The van der Waals surface area contributed by atoms with Crippen LogP contribution in [0.5, 0.6) is 0 Å². The van der Waals surface area contributed by atoms with E-state index in [1.807, 2.05) is 62.4 Å². The van der Waals surface area contributed by atoms with Gasteiger partial charge >= 0.3 is 6.09 Å². The highest BCUT2D eigenvalue weighted by Gasteiger charge is 2.41. The van der Waals surface area contributed by atoms with Crippen LogP contribution in [0.1, 0.15) is 68.3 Å². The van der Waals surface area contributed by atoms with Crippen LogP contribution >= 0.6 is 12.6 Å². The van der Waals surface area contributed by atoms with Crippen LogP contribution in [0.15, 0.2) is 48.5 Å². The Morgan fingerprint density at radius 3 is 2.27 bits per heavy atom. The van der Waals surface area contributed by atoms with Crippen LogP contribution in [0.3, 0.4) is 0 Å². The Morgan fingerprint density at radius 1 is 1.05 bits per heavy atom. The number of aryl methyl sites for hydroxylation is 2. The summed E-state index contributed by atoms with van der Waals surface area (Å²) in [6.45, 7) is 9.64. The second-order valence-electron chi connectivity index (χ2n) is 10.7. The average Bonchev–Trinajstić information content (AvgIpc) is 2.81. The van der Waals surface area contributed by atoms with Crippen molar-refractivity contribution in [3.05, 3.63) is 70.8 Å². The van der Waals surface area contributed by atoms with E-state index in [1.54, 1.807) is 25.7 Å². The highest BCUT2D eigenvalue weighted by atomic mass is 32.1. The molecule has 0 spiro atoms. The van der Waals surface area contributed by atoms with Gasteiger partial charge < -0.3 is 20.3 Å². The lowest BCUT2D eigenvalue weighted by atomic mass is 9.87. The molecule has 8 heteroatoms. The fourth-order valence-corrected chi connectivity index (χ4v) is 4.50. The topological polar surface area (TPSA) is 87.7 Å².